The van der Waals surface area contributed by atoms with Gasteiger partial charge in [0, 0.05) is 64.8 Å². The van der Waals surface area contributed by atoms with E-state index in [2.05, 4.69) is 50.8 Å². The van der Waals surface area contributed by atoms with Gasteiger partial charge in [-0.2, -0.15) is 0 Å². The van der Waals surface area contributed by atoms with Crippen molar-refractivity contribution >= 4 is 17.5 Å². The van der Waals surface area contributed by atoms with Crippen molar-refractivity contribution in [1.82, 2.24) is 19.8 Å². The Morgan fingerprint density at radius 1 is 1.21 bits per heavy atom. The van der Waals surface area contributed by atoms with Gasteiger partial charge in [0.1, 0.15) is 18.0 Å². The smallest absolute Gasteiger partial charge is 0.222 e. The molecule has 0 unspecified atom stereocenters. The summed E-state index contributed by atoms with van der Waals surface area (Å²) in [6.45, 7) is 14.4. The van der Waals surface area contributed by atoms with Crippen LogP contribution in [0, 0.1) is 11.8 Å². The maximum absolute atomic E-state index is 12.7. The number of anilines is 2. The molecule has 3 rings (SSSR count). The van der Waals surface area contributed by atoms with E-state index in [1.165, 1.54) is 6.42 Å². The summed E-state index contributed by atoms with van der Waals surface area (Å²) in [6.07, 6.45) is 5.66. The minimum absolute atomic E-state index is 0.336. The number of hydrogen-bond acceptors (Lipinski definition) is 6. The first-order chi connectivity index (χ1) is 14.0. The number of piperazine rings is 1. The van der Waals surface area contributed by atoms with Gasteiger partial charge in [0.25, 0.3) is 0 Å². The molecule has 1 amide bonds. The highest BCUT2D eigenvalue weighted by molar-refractivity contribution is 5.76. The Hall–Kier alpha value is -1.89. The summed E-state index contributed by atoms with van der Waals surface area (Å²) < 4.78 is 0. The first-order valence-corrected chi connectivity index (χ1v) is 11.4. The van der Waals surface area contributed by atoms with E-state index < -0.39 is 0 Å². The summed E-state index contributed by atoms with van der Waals surface area (Å²) in [7, 11) is 0. The molecule has 2 fully saturated rings. The van der Waals surface area contributed by atoms with Gasteiger partial charge in [0.05, 0.1) is 0 Å². The van der Waals surface area contributed by atoms with E-state index >= 15 is 0 Å². The number of amides is 1. The van der Waals surface area contributed by atoms with Crippen LogP contribution in [0.3, 0.4) is 0 Å². The topological polar surface area (TPSA) is 64.6 Å². The van der Waals surface area contributed by atoms with Crippen LogP contribution < -0.4 is 10.2 Å². The molecule has 1 aromatic heterocycles. The zero-order valence-electron chi connectivity index (χ0n) is 18.4. The highest BCUT2D eigenvalue weighted by Gasteiger charge is 2.25. The van der Waals surface area contributed by atoms with Crippen LogP contribution in [0.25, 0.3) is 0 Å². The second kappa shape index (κ2) is 10.8. The molecule has 7 heteroatoms. The molecular weight excluding hydrogens is 364 g/mol. The van der Waals surface area contributed by atoms with Crippen LogP contribution in [0.1, 0.15) is 46.5 Å². The van der Waals surface area contributed by atoms with Gasteiger partial charge in [-0.25, -0.2) is 9.97 Å². The van der Waals surface area contributed by atoms with Crippen LogP contribution in [0.4, 0.5) is 11.6 Å². The Morgan fingerprint density at radius 2 is 2.00 bits per heavy atom. The van der Waals surface area contributed by atoms with Crippen molar-refractivity contribution in [2.45, 2.75) is 46.5 Å². The van der Waals surface area contributed by atoms with Crippen molar-refractivity contribution in [2.75, 3.05) is 62.6 Å². The first kappa shape index (κ1) is 21.8. The molecule has 1 aromatic rings. The van der Waals surface area contributed by atoms with E-state index in [9.17, 15) is 4.79 Å². The third-order valence-electron chi connectivity index (χ3n) is 5.97. The van der Waals surface area contributed by atoms with Crippen LogP contribution >= 0.6 is 0 Å². The summed E-state index contributed by atoms with van der Waals surface area (Å²) in [6, 6.07) is 2.04. The normalized spacial score (nSPS) is 20.9. The maximum atomic E-state index is 12.7. The standard InChI is InChI=1S/C22H38N6O/c1-4-23-20-14-21(25-17-24-20)28-9-5-6-19(16-28)7-8-22(29)27-12-10-26(11-13-27)15-18(2)3/h14,17-19H,4-13,15-16H2,1-3H3,(H,23,24,25)/t19-/m0/s1. The van der Waals surface area contributed by atoms with Crippen molar-refractivity contribution in [3.05, 3.63) is 12.4 Å². The van der Waals surface area contributed by atoms with Crippen molar-refractivity contribution in [3.63, 3.8) is 0 Å². The lowest BCUT2D eigenvalue weighted by molar-refractivity contribution is -0.133. The molecule has 0 aliphatic carbocycles. The van der Waals surface area contributed by atoms with Gasteiger partial charge in [0.15, 0.2) is 0 Å². The number of nitrogens with zero attached hydrogens (tertiary/aromatic N) is 5. The molecule has 2 saturated heterocycles. The molecule has 1 N–H and O–H groups in total. The minimum Gasteiger partial charge on any atom is -0.370 e. The zero-order valence-corrected chi connectivity index (χ0v) is 18.4. The van der Waals surface area contributed by atoms with Crippen LogP contribution in [-0.2, 0) is 4.79 Å². The third-order valence-corrected chi connectivity index (χ3v) is 5.97. The molecule has 2 aliphatic heterocycles. The Balaban J connectivity index is 1.44. The number of hydrogen-bond donors (Lipinski definition) is 1. The zero-order chi connectivity index (χ0) is 20.6. The maximum Gasteiger partial charge on any atom is 0.222 e. The fourth-order valence-electron chi connectivity index (χ4n) is 4.49. The molecule has 162 valence electrons. The van der Waals surface area contributed by atoms with Crippen LogP contribution in [0.2, 0.25) is 0 Å². The van der Waals surface area contributed by atoms with Crippen LogP contribution in [0.15, 0.2) is 12.4 Å². The average molecular weight is 403 g/mol. The quantitative estimate of drug-likeness (QED) is 0.721. The first-order valence-electron chi connectivity index (χ1n) is 11.4. The highest BCUT2D eigenvalue weighted by Crippen LogP contribution is 2.26. The molecule has 1 atom stereocenters. The van der Waals surface area contributed by atoms with E-state index in [0.29, 0.717) is 24.2 Å². The molecule has 0 radical (unpaired) electrons. The second-order valence-electron chi connectivity index (χ2n) is 8.86. The van der Waals surface area contributed by atoms with Gasteiger partial charge < -0.3 is 15.1 Å². The van der Waals surface area contributed by atoms with Crippen molar-refractivity contribution in [2.24, 2.45) is 11.8 Å². The van der Waals surface area contributed by atoms with E-state index in [1.54, 1.807) is 6.33 Å². The summed E-state index contributed by atoms with van der Waals surface area (Å²) in [5, 5.41) is 3.26. The minimum atomic E-state index is 0.336. The molecule has 29 heavy (non-hydrogen) atoms. The number of nitrogens with one attached hydrogen (secondary N) is 1. The van der Waals surface area contributed by atoms with Gasteiger partial charge in [-0.1, -0.05) is 13.8 Å². The number of piperidine rings is 1. The van der Waals surface area contributed by atoms with Crippen molar-refractivity contribution in [3.8, 4) is 0 Å². The Bertz CT molecular complexity index is 644. The molecule has 3 heterocycles. The summed E-state index contributed by atoms with van der Waals surface area (Å²) in [5.74, 6) is 3.46. The van der Waals surface area contributed by atoms with Crippen molar-refractivity contribution in [1.29, 1.82) is 0 Å². The van der Waals surface area contributed by atoms with Crippen LogP contribution in [0.5, 0.6) is 0 Å². The van der Waals surface area contributed by atoms with E-state index in [-0.39, 0.29) is 0 Å². The van der Waals surface area contributed by atoms with E-state index in [4.69, 9.17) is 0 Å². The van der Waals surface area contributed by atoms with Crippen LogP contribution in [-0.4, -0.2) is 78.0 Å². The van der Waals surface area contributed by atoms with E-state index in [0.717, 1.165) is 76.8 Å². The van der Waals surface area contributed by atoms with Gasteiger partial charge >= 0.3 is 0 Å². The monoisotopic (exact) mass is 402 g/mol. The molecule has 0 spiro atoms. The lowest BCUT2D eigenvalue weighted by Gasteiger charge is -2.36. The highest BCUT2D eigenvalue weighted by atomic mass is 16.2. The predicted molar refractivity (Wildman–Crippen MR) is 118 cm³/mol. The summed E-state index contributed by atoms with van der Waals surface area (Å²) in [5.41, 5.74) is 0. The summed E-state index contributed by atoms with van der Waals surface area (Å²) >= 11 is 0. The Kier molecular flexibility index (Phi) is 8.09. The Labute approximate surface area is 175 Å². The molecule has 0 aromatic carbocycles. The number of carbonyl (C=O) groups is 1. The summed E-state index contributed by atoms with van der Waals surface area (Å²) in [4.78, 5) is 28.4. The molecule has 0 saturated carbocycles. The molecule has 0 bridgehead atoms. The van der Waals surface area contributed by atoms with Crippen molar-refractivity contribution < 1.29 is 4.79 Å². The fraction of sp³-hybridized carbons (Fsp3) is 0.773. The SMILES string of the molecule is CCNc1cc(N2CCC[C@@H](CCC(=O)N3CCN(CC(C)C)CC3)C2)ncn1. The molecule has 2 aliphatic rings. The predicted octanol–water partition coefficient (Wildman–Crippen LogP) is 2.71. The molecule has 7 nitrogen and oxygen atoms in total. The molecular formula is C22H38N6O. The average Bonchev–Trinajstić information content (AvgIpc) is 2.73. The van der Waals surface area contributed by atoms with E-state index in [1.807, 2.05) is 6.07 Å². The largest absolute Gasteiger partial charge is 0.370 e. The van der Waals surface area contributed by atoms with Gasteiger partial charge in [-0.3, -0.25) is 9.69 Å². The second-order valence-corrected chi connectivity index (χ2v) is 8.86. The third kappa shape index (κ3) is 6.56. The van der Waals surface area contributed by atoms with Gasteiger partial charge in [-0.05, 0) is 38.0 Å². The number of carbonyl (C=O) groups excluding carboxylic acids is 1. The number of rotatable bonds is 8. The van der Waals surface area contributed by atoms with Gasteiger partial charge in [-0.15, -0.1) is 0 Å². The Morgan fingerprint density at radius 3 is 2.72 bits per heavy atom. The lowest BCUT2D eigenvalue weighted by atomic mass is 9.93. The lowest BCUT2D eigenvalue weighted by Crippen LogP contribution is -2.49. The fourth-order valence-corrected chi connectivity index (χ4v) is 4.49. The van der Waals surface area contributed by atoms with Gasteiger partial charge in [0.2, 0.25) is 5.91 Å². The number of aromatic nitrogens is 2.